The summed E-state index contributed by atoms with van der Waals surface area (Å²) in [4.78, 5) is 45.9. The van der Waals surface area contributed by atoms with Crippen molar-refractivity contribution in [2.24, 2.45) is 14.1 Å². The summed E-state index contributed by atoms with van der Waals surface area (Å²) >= 11 is 4.71. The van der Waals surface area contributed by atoms with E-state index in [1.54, 1.807) is 79.6 Å². The van der Waals surface area contributed by atoms with E-state index < -0.39 is 0 Å². The van der Waals surface area contributed by atoms with Crippen LogP contribution in [0, 0.1) is 36.8 Å². The number of piperazine rings is 1. The summed E-state index contributed by atoms with van der Waals surface area (Å²) in [7, 11) is 7.87. The number of anilines is 3. The molecule has 486 valence electrons. The quantitative estimate of drug-likeness (QED) is 0.129. The van der Waals surface area contributed by atoms with Crippen LogP contribution in [0.3, 0.4) is 0 Å². The average Bonchev–Trinajstić information content (AvgIpc) is 1.67. The standard InChI is InChI=1S/C24H28N8S.C23H28FN7S.C21H21FN6S/c1-23(2)9-17(10-24(3,4)30-23)32(6)22-27-18-12-26-20(28-21(18)33-22)14-7-15(11-25)19-16(8-14)13-31(5)29-19;1-22(2)9-15(10-23(3,4)29-22)31(6)21-26-17-11-25-19(27-20(17)32-21)13-7-14-12-30(5)28-18(14)16(24)8-13;1-12-7-16(26-28-10-13(2)24-19(12)28)14-8-15(22)18-17(9-14)29-20(25-18)27-6-5-23-21(11-27)3-4-21/h7-8,12-13,17,30H,9-10H2,1-6H3;7-8,11-12,15,29H,9-10H2,1-6H3;7-10,23H,3-6,11H2,1-2H3. The van der Waals surface area contributed by atoms with Gasteiger partial charge in [-0.25, -0.2) is 53.2 Å². The van der Waals surface area contributed by atoms with Gasteiger partial charge in [-0.15, -0.1) is 0 Å². The molecular formula is C68H77F2N21S3. The molecule has 4 fully saturated rings. The molecule has 16 rings (SSSR count). The van der Waals surface area contributed by atoms with Gasteiger partial charge in [0.15, 0.2) is 44.3 Å². The number of fused-ring (bicyclic) bond motifs is 6. The summed E-state index contributed by atoms with van der Waals surface area (Å²) in [6.45, 7) is 24.8. The summed E-state index contributed by atoms with van der Waals surface area (Å²) in [5.74, 6) is 0.413. The van der Waals surface area contributed by atoms with Crippen LogP contribution in [-0.2, 0) is 14.1 Å². The van der Waals surface area contributed by atoms with Crippen molar-refractivity contribution in [1.82, 2.24) is 85.0 Å². The molecule has 0 atom stereocenters. The number of rotatable bonds is 8. The zero-order valence-corrected chi connectivity index (χ0v) is 57.9. The summed E-state index contributed by atoms with van der Waals surface area (Å²) < 4.78 is 35.5. The van der Waals surface area contributed by atoms with E-state index >= 15 is 0 Å². The number of hydrogen-bond donors (Lipinski definition) is 3. The number of benzene rings is 3. The second-order valence-electron chi connectivity index (χ2n) is 28.8. The van der Waals surface area contributed by atoms with Gasteiger partial charge in [-0.05, 0) is 156 Å². The first-order chi connectivity index (χ1) is 44.5. The van der Waals surface area contributed by atoms with Crippen molar-refractivity contribution >= 4 is 108 Å². The lowest BCUT2D eigenvalue weighted by Crippen LogP contribution is -2.61. The Kier molecular flexibility index (Phi) is 15.6. The molecule has 3 saturated heterocycles. The highest BCUT2D eigenvalue weighted by molar-refractivity contribution is 7.22. The van der Waals surface area contributed by atoms with E-state index in [0.29, 0.717) is 51.4 Å². The summed E-state index contributed by atoms with van der Waals surface area (Å²) in [6, 6.07) is 15.6. The van der Waals surface area contributed by atoms with Gasteiger partial charge in [0.25, 0.3) is 0 Å². The Labute approximate surface area is 555 Å². The minimum Gasteiger partial charge on any atom is -0.348 e. The summed E-state index contributed by atoms with van der Waals surface area (Å²) in [5, 5.41) is 38.3. The molecule has 4 aliphatic rings. The number of thiazole rings is 3. The molecule has 0 amide bonds. The zero-order valence-electron chi connectivity index (χ0n) is 55.5. The Morgan fingerprint density at radius 1 is 0.606 bits per heavy atom. The van der Waals surface area contributed by atoms with Gasteiger partial charge >= 0.3 is 0 Å². The summed E-state index contributed by atoms with van der Waals surface area (Å²) in [5.41, 5.74) is 9.78. The first kappa shape index (κ1) is 63.1. The maximum atomic E-state index is 15.0. The van der Waals surface area contributed by atoms with E-state index in [0.717, 1.165) is 131 Å². The topological polar surface area (TPSA) is 226 Å². The third-order valence-corrected chi connectivity index (χ3v) is 21.5. The molecule has 0 unspecified atom stereocenters. The first-order valence-corrected chi connectivity index (χ1v) is 34.2. The van der Waals surface area contributed by atoms with Crippen molar-refractivity contribution in [3.8, 4) is 40.1 Å². The van der Waals surface area contributed by atoms with Gasteiger partial charge in [-0.1, -0.05) is 34.0 Å². The molecule has 12 heterocycles. The third kappa shape index (κ3) is 12.6. The van der Waals surface area contributed by atoms with Crippen LogP contribution in [0.1, 0.15) is 111 Å². The molecule has 1 spiro atoms. The SMILES string of the molecule is CN(c1nc2cnc(-c3cc(C#N)c4nn(C)cc4c3)nc2s1)C1CC(C)(C)NC(C)(C)C1.CN(c1nc2cnc(-c3cc(F)c4nn(C)cc4c3)nc2s1)C1CC(C)(C)NC(C)(C)C1.Cc1cn2nc(-c3cc(F)c4nc(N5CCNC6(CC6)C5)sc4c3)cc(C)c2n1. The number of nitrogens with zero attached hydrogens (tertiary/aromatic N) is 18. The molecule has 12 aromatic rings. The molecule has 9 aromatic heterocycles. The highest BCUT2D eigenvalue weighted by atomic mass is 32.1. The molecule has 3 N–H and O–H groups in total. The normalized spacial score (nSPS) is 18.2. The number of aromatic nitrogens is 14. The number of imidazole rings is 1. The molecule has 3 aliphatic heterocycles. The van der Waals surface area contributed by atoms with Gasteiger partial charge < -0.3 is 30.7 Å². The molecule has 94 heavy (non-hydrogen) atoms. The monoisotopic (exact) mass is 1320 g/mol. The number of halogens is 2. The number of aryl methyl sites for hydroxylation is 4. The maximum Gasteiger partial charge on any atom is 0.187 e. The minimum atomic E-state index is -0.373. The van der Waals surface area contributed by atoms with Crippen LogP contribution in [0.4, 0.5) is 24.2 Å². The van der Waals surface area contributed by atoms with Gasteiger partial charge in [-0.2, -0.15) is 20.6 Å². The minimum absolute atomic E-state index is 0.0549. The van der Waals surface area contributed by atoms with Crippen molar-refractivity contribution in [3.05, 3.63) is 102 Å². The van der Waals surface area contributed by atoms with E-state index in [2.05, 4.69) is 141 Å². The van der Waals surface area contributed by atoms with Gasteiger partial charge in [-0.3, -0.25) is 9.36 Å². The number of nitriles is 1. The highest BCUT2D eigenvalue weighted by Gasteiger charge is 2.46. The lowest BCUT2D eigenvalue weighted by atomic mass is 9.79. The average molecular weight is 1320 g/mol. The van der Waals surface area contributed by atoms with Gasteiger partial charge in [0.2, 0.25) is 0 Å². The maximum absolute atomic E-state index is 15.0. The zero-order chi connectivity index (χ0) is 66.1. The van der Waals surface area contributed by atoms with Crippen LogP contribution >= 0.6 is 34.0 Å². The third-order valence-electron chi connectivity index (χ3n) is 18.3. The van der Waals surface area contributed by atoms with E-state index in [1.807, 2.05) is 63.6 Å². The van der Waals surface area contributed by atoms with Crippen molar-refractivity contribution in [3.63, 3.8) is 0 Å². The number of hydrogen-bond acceptors (Lipinski definition) is 21. The fourth-order valence-corrected chi connectivity index (χ4v) is 17.4. The molecular weight excluding hydrogens is 1250 g/mol. The van der Waals surface area contributed by atoms with Crippen molar-refractivity contribution in [2.75, 3.05) is 48.4 Å². The van der Waals surface area contributed by atoms with Crippen LogP contribution in [0.5, 0.6) is 0 Å². The predicted molar refractivity (Wildman–Crippen MR) is 373 cm³/mol. The molecule has 0 radical (unpaired) electrons. The highest BCUT2D eigenvalue weighted by Crippen LogP contribution is 2.43. The Morgan fingerprint density at radius 2 is 1.14 bits per heavy atom. The molecule has 26 heteroatoms. The molecule has 1 saturated carbocycles. The van der Waals surface area contributed by atoms with E-state index in [-0.39, 0.29) is 39.3 Å². The van der Waals surface area contributed by atoms with Crippen LogP contribution in [0.2, 0.25) is 0 Å². The van der Waals surface area contributed by atoms with Crippen molar-refractivity contribution in [2.45, 2.75) is 148 Å². The molecule has 21 nitrogen and oxygen atoms in total. The Morgan fingerprint density at radius 3 is 1.70 bits per heavy atom. The largest absolute Gasteiger partial charge is 0.348 e. The van der Waals surface area contributed by atoms with E-state index in [4.69, 9.17) is 19.9 Å². The Hall–Kier alpha value is -8.32. The molecule has 0 bridgehead atoms. The van der Waals surface area contributed by atoms with Crippen LogP contribution < -0.4 is 30.7 Å². The lowest BCUT2D eigenvalue weighted by Gasteiger charge is -2.48. The second kappa shape index (κ2) is 23.3. The Balaban J connectivity index is 0.000000122. The van der Waals surface area contributed by atoms with Crippen LogP contribution in [0.15, 0.2) is 73.4 Å². The molecule has 3 aromatic carbocycles. The predicted octanol–water partition coefficient (Wildman–Crippen LogP) is 12.5. The number of piperidine rings is 2. The smallest absolute Gasteiger partial charge is 0.187 e. The second-order valence-corrected chi connectivity index (χ2v) is 31.7. The van der Waals surface area contributed by atoms with Crippen LogP contribution in [0.25, 0.3) is 92.4 Å². The summed E-state index contributed by atoms with van der Waals surface area (Å²) in [6.07, 6.45) is 15.7. The van der Waals surface area contributed by atoms with Crippen LogP contribution in [-0.4, -0.2) is 143 Å². The molecule has 1 aliphatic carbocycles. The first-order valence-electron chi connectivity index (χ1n) is 31.8. The van der Waals surface area contributed by atoms with E-state index in [1.165, 1.54) is 18.9 Å². The fraction of sp³-hybridized carbons (Fsp3) is 0.441. The van der Waals surface area contributed by atoms with Crippen molar-refractivity contribution in [1.29, 1.82) is 5.26 Å². The van der Waals surface area contributed by atoms with Gasteiger partial charge in [0, 0.05) is 127 Å². The fourth-order valence-electron chi connectivity index (χ4n) is 14.5. The number of nitrogens with one attached hydrogen (secondary N) is 3. The van der Waals surface area contributed by atoms with Crippen molar-refractivity contribution < 1.29 is 8.78 Å². The van der Waals surface area contributed by atoms with Gasteiger partial charge in [0.05, 0.1) is 40.2 Å². The van der Waals surface area contributed by atoms with E-state index in [9.17, 15) is 14.0 Å². The lowest BCUT2D eigenvalue weighted by molar-refractivity contribution is 0.160. The Bertz CT molecular complexity index is 4950. The van der Waals surface area contributed by atoms with Gasteiger partial charge in [0.1, 0.15) is 43.3 Å².